The van der Waals surface area contributed by atoms with Crippen LogP contribution in [-0.2, 0) is 12.3 Å². The first-order valence-corrected chi connectivity index (χ1v) is 6.06. The lowest BCUT2D eigenvalue weighted by molar-refractivity contribution is -0.675. The molecule has 1 nitrogen and oxygen atoms in total. The number of aryl methyl sites for hydroxylation is 1. The van der Waals surface area contributed by atoms with Crippen molar-refractivity contribution < 1.29 is 4.57 Å². The number of thioether (sulfide) groups is 1. The molecule has 0 radical (unpaired) electrons. The van der Waals surface area contributed by atoms with Gasteiger partial charge in [-0.15, -0.1) is 0 Å². The quantitative estimate of drug-likeness (QED) is 0.701. The van der Waals surface area contributed by atoms with Crippen molar-refractivity contribution in [3.8, 4) is 0 Å². The maximum absolute atomic E-state index is 6.08. The van der Waals surface area contributed by atoms with E-state index in [-0.39, 0.29) is 0 Å². The largest absolute Gasteiger partial charge is 0.194 e. The summed E-state index contributed by atoms with van der Waals surface area (Å²) in [6.07, 6.45) is 5.09. The first kappa shape index (κ1) is 10.9. The van der Waals surface area contributed by atoms with Crippen molar-refractivity contribution in [3.05, 3.63) is 29.0 Å². The van der Waals surface area contributed by atoms with Gasteiger partial charge in [0.2, 0.25) is 0 Å². The van der Waals surface area contributed by atoms with E-state index >= 15 is 0 Å². The average molecular weight is 217 g/mol. The molecule has 1 aromatic rings. The molecule has 0 atom stereocenters. The van der Waals surface area contributed by atoms with E-state index in [0.717, 1.165) is 23.1 Å². The van der Waals surface area contributed by atoms with Gasteiger partial charge in [-0.25, -0.2) is 0 Å². The van der Waals surface area contributed by atoms with Gasteiger partial charge >= 0.3 is 0 Å². The first-order valence-electron chi connectivity index (χ1n) is 4.53. The lowest BCUT2D eigenvalue weighted by Gasteiger charge is -1.99. The van der Waals surface area contributed by atoms with Crippen molar-refractivity contribution in [1.82, 2.24) is 0 Å². The summed E-state index contributed by atoms with van der Waals surface area (Å²) < 4.78 is 2.12. The number of nitrogens with zero attached hydrogens (tertiary/aromatic N) is 1. The highest BCUT2D eigenvalue weighted by atomic mass is 35.5. The topological polar surface area (TPSA) is 3.88 Å². The number of pyridine rings is 1. The Morgan fingerprint density at radius 1 is 1.46 bits per heavy atom. The molecule has 0 aromatic carbocycles. The molecule has 0 aliphatic heterocycles. The van der Waals surface area contributed by atoms with Crippen LogP contribution >= 0.6 is 23.4 Å². The minimum atomic E-state index is 0.877. The fourth-order valence-electron chi connectivity index (χ4n) is 1.10. The summed E-state index contributed by atoms with van der Waals surface area (Å²) in [4.78, 5) is 0. The molecular formula is C10H15ClNS+. The Hall–Kier alpha value is -0.210. The fourth-order valence-corrected chi connectivity index (χ4v) is 1.98. The Morgan fingerprint density at radius 3 is 2.77 bits per heavy atom. The minimum absolute atomic E-state index is 0.877. The molecule has 0 amide bonds. The van der Waals surface area contributed by atoms with Gasteiger partial charge in [0.05, 0.1) is 0 Å². The van der Waals surface area contributed by atoms with Gasteiger partial charge in [-0.2, -0.15) is 4.57 Å². The van der Waals surface area contributed by atoms with Crippen LogP contribution in [0.5, 0.6) is 0 Å². The highest BCUT2D eigenvalue weighted by Crippen LogP contribution is 2.13. The summed E-state index contributed by atoms with van der Waals surface area (Å²) in [6.45, 7) is 4.28. The van der Waals surface area contributed by atoms with Gasteiger partial charge < -0.3 is 0 Å². The molecule has 0 fully saturated rings. The van der Waals surface area contributed by atoms with E-state index in [9.17, 15) is 0 Å². The standard InChI is InChI=1S/C10H15ClNS/c1-3-9-5-6-12(7-10(9)11)8-13-4-2/h5-7H,3-4,8H2,1-2H3/q+1. The Bertz CT molecular complexity index is 276. The number of halogens is 1. The summed E-state index contributed by atoms with van der Waals surface area (Å²) in [5.74, 6) is 2.13. The lowest BCUT2D eigenvalue weighted by atomic mass is 10.2. The molecule has 0 aliphatic carbocycles. The second-order valence-electron chi connectivity index (χ2n) is 2.81. The van der Waals surface area contributed by atoms with E-state index in [1.807, 2.05) is 18.0 Å². The summed E-state index contributed by atoms with van der Waals surface area (Å²) >= 11 is 7.97. The predicted octanol–water partition coefficient (Wildman–Crippen LogP) is 2.90. The van der Waals surface area contributed by atoms with E-state index < -0.39 is 0 Å². The van der Waals surface area contributed by atoms with Crippen molar-refractivity contribution in [1.29, 1.82) is 0 Å². The van der Waals surface area contributed by atoms with Gasteiger partial charge in [-0.1, -0.05) is 37.2 Å². The number of hydrogen-bond donors (Lipinski definition) is 0. The third kappa shape index (κ3) is 3.20. The molecule has 1 aromatic heterocycles. The maximum atomic E-state index is 6.08. The Balaban J connectivity index is 2.71. The van der Waals surface area contributed by atoms with Crippen LogP contribution in [0.3, 0.4) is 0 Å². The molecule has 0 bridgehead atoms. The molecule has 72 valence electrons. The lowest BCUT2D eigenvalue weighted by Crippen LogP contribution is -2.31. The van der Waals surface area contributed by atoms with Gasteiger partial charge in [-0.3, -0.25) is 0 Å². The van der Waals surface area contributed by atoms with Crippen LogP contribution < -0.4 is 4.57 Å². The number of rotatable bonds is 4. The van der Waals surface area contributed by atoms with Crippen LogP contribution in [0.15, 0.2) is 18.5 Å². The second kappa shape index (κ2) is 5.51. The molecule has 0 saturated heterocycles. The molecule has 13 heavy (non-hydrogen) atoms. The normalized spacial score (nSPS) is 10.4. The van der Waals surface area contributed by atoms with Crippen LogP contribution in [0.4, 0.5) is 0 Å². The predicted molar refractivity (Wildman–Crippen MR) is 59.2 cm³/mol. The fraction of sp³-hybridized carbons (Fsp3) is 0.500. The van der Waals surface area contributed by atoms with Gasteiger partial charge in [-0.05, 0) is 17.7 Å². The van der Waals surface area contributed by atoms with E-state index in [0.29, 0.717) is 0 Å². The second-order valence-corrected chi connectivity index (χ2v) is 4.46. The van der Waals surface area contributed by atoms with Crippen molar-refractivity contribution in [2.75, 3.05) is 5.75 Å². The Morgan fingerprint density at radius 2 is 2.23 bits per heavy atom. The maximum Gasteiger partial charge on any atom is 0.194 e. The van der Waals surface area contributed by atoms with Crippen molar-refractivity contribution in [2.45, 2.75) is 26.1 Å². The van der Waals surface area contributed by atoms with Crippen LogP contribution in [-0.4, -0.2) is 5.75 Å². The smallest absolute Gasteiger partial charge is 0.194 e. The molecule has 0 N–H and O–H groups in total. The zero-order valence-corrected chi connectivity index (χ0v) is 9.66. The number of hydrogen-bond acceptors (Lipinski definition) is 1. The summed E-state index contributed by atoms with van der Waals surface area (Å²) in [5, 5.41) is 0.877. The SMILES string of the molecule is CCSC[n+]1ccc(CC)c(Cl)c1. The van der Waals surface area contributed by atoms with Crippen molar-refractivity contribution in [2.24, 2.45) is 0 Å². The monoisotopic (exact) mass is 216 g/mol. The van der Waals surface area contributed by atoms with Crippen molar-refractivity contribution in [3.63, 3.8) is 0 Å². The highest BCUT2D eigenvalue weighted by Gasteiger charge is 2.05. The molecule has 1 rings (SSSR count). The summed E-state index contributed by atoms with van der Waals surface area (Å²) in [7, 11) is 0. The first-order chi connectivity index (χ1) is 6.27. The van der Waals surface area contributed by atoms with E-state index in [1.165, 1.54) is 5.56 Å². The van der Waals surface area contributed by atoms with Crippen LogP contribution in [0.1, 0.15) is 19.4 Å². The third-order valence-electron chi connectivity index (χ3n) is 1.88. The zero-order valence-electron chi connectivity index (χ0n) is 8.09. The molecule has 0 saturated carbocycles. The molecular weight excluding hydrogens is 202 g/mol. The molecule has 3 heteroatoms. The van der Waals surface area contributed by atoms with E-state index in [1.54, 1.807) is 0 Å². The molecule has 1 heterocycles. The van der Waals surface area contributed by atoms with E-state index in [2.05, 4.69) is 30.7 Å². The zero-order chi connectivity index (χ0) is 9.68. The molecule has 0 spiro atoms. The Kier molecular flexibility index (Phi) is 4.60. The summed E-state index contributed by atoms with van der Waals surface area (Å²) in [6, 6.07) is 2.10. The van der Waals surface area contributed by atoms with Gasteiger partial charge in [0.1, 0.15) is 5.02 Å². The van der Waals surface area contributed by atoms with E-state index in [4.69, 9.17) is 11.6 Å². The van der Waals surface area contributed by atoms with Crippen LogP contribution in [0.2, 0.25) is 5.02 Å². The average Bonchev–Trinajstić information content (AvgIpc) is 2.15. The Labute approximate surface area is 89.1 Å². The third-order valence-corrected chi connectivity index (χ3v) is 3.11. The van der Waals surface area contributed by atoms with Crippen molar-refractivity contribution >= 4 is 23.4 Å². The molecule has 0 aliphatic rings. The number of aromatic nitrogens is 1. The molecule has 0 unspecified atom stereocenters. The summed E-state index contributed by atoms with van der Waals surface area (Å²) in [5.41, 5.74) is 1.22. The highest BCUT2D eigenvalue weighted by molar-refractivity contribution is 7.98. The minimum Gasteiger partial charge on any atom is -0.194 e. The van der Waals surface area contributed by atoms with Crippen LogP contribution in [0, 0.1) is 0 Å². The van der Waals surface area contributed by atoms with Crippen LogP contribution in [0.25, 0.3) is 0 Å². The van der Waals surface area contributed by atoms with Gasteiger partial charge in [0, 0.05) is 6.07 Å². The van der Waals surface area contributed by atoms with Gasteiger partial charge in [0.25, 0.3) is 0 Å². The van der Waals surface area contributed by atoms with Gasteiger partial charge in [0.15, 0.2) is 18.3 Å².